The summed E-state index contributed by atoms with van der Waals surface area (Å²) in [4.78, 5) is 11.5. The van der Waals surface area contributed by atoms with Gasteiger partial charge in [-0.05, 0) is 43.0 Å². The van der Waals surface area contributed by atoms with Gasteiger partial charge in [0.15, 0.2) is 0 Å². The van der Waals surface area contributed by atoms with Crippen LogP contribution in [-0.4, -0.2) is 30.8 Å². The summed E-state index contributed by atoms with van der Waals surface area (Å²) >= 11 is 0. The molecule has 0 amide bonds. The van der Waals surface area contributed by atoms with E-state index in [-0.39, 0.29) is 17.8 Å². The Bertz CT molecular complexity index is 405. The van der Waals surface area contributed by atoms with Crippen LogP contribution in [-0.2, 0) is 9.53 Å². The number of ether oxygens (including phenoxy) is 1. The van der Waals surface area contributed by atoms with Crippen molar-refractivity contribution in [3.63, 3.8) is 0 Å². The van der Waals surface area contributed by atoms with Crippen LogP contribution in [0.2, 0.25) is 0 Å². The summed E-state index contributed by atoms with van der Waals surface area (Å²) in [5.41, 5.74) is 1.08. The zero-order valence-corrected chi connectivity index (χ0v) is 9.85. The molecule has 0 aromatic heterocycles. The number of aromatic hydroxyl groups is 1. The number of esters is 1. The molecule has 2 N–H and O–H groups in total. The van der Waals surface area contributed by atoms with Crippen LogP contribution in [0, 0.1) is 0 Å². The number of phenolic OH excluding ortho intramolecular Hbond substituents is 1. The third-order valence-corrected chi connectivity index (χ3v) is 3.23. The van der Waals surface area contributed by atoms with Gasteiger partial charge in [-0.1, -0.05) is 12.1 Å². The molecule has 1 fully saturated rings. The standard InChI is InChI=1S/C13H17NO3/c1-17-13(16)12-8-10(5-6-14-12)9-3-2-4-11(15)7-9/h2-4,7,10,12,14-15H,5-6,8H2,1H3. The van der Waals surface area contributed by atoms with Crippen molar-refractivity contribution in [2.24, 2.45) is 0 Å². The average molecular weight is 235 g/mol. The molecule has 1 saturated heterocycles. The molecular weight excluding hydrogens is 218 g/mol. The largest absolute Gasteiger partial charge is 0.508 e. The molecule has 1 aromatic rings. The smallest absolute Gasteiger partial charge is 0.322 e. The number of carbonyl (C=O) groups is 1. The van der Waals surface area contributed by atoms with Crippen molar-refractivity contribution in [2.75, 3.05) is 13.7 Å². The maximum absolute atomic E-state index is 11.5. The molecule has 0 saturated carbocycles. The molecule has 17 heavy (non-hydrogen) atoms. The Kier molecular flexibility index (Phi) is 3.64. The van der Waals surface area contributed by atoms with E-state index in [1.165, 1.54) is 7.11 Å². The van der Waals surface area contributed by atoms with Gasteiger partial charge in [0.05, 0.1) is 7.11 Å². The zero-order chi connectivity index (χ0) is 12.3. The summed E-state index contributed by atoms with van der Waals surface area (Å²) in [5, 5.41) is 12.6. The molecular formula is C13H17NO3. The van der Waals surface area contributed by atoms with Gasteiger partial charge in [-0.25, -0.2) is 0 Å². The van der Waals surface area contributed by atoms with Crippen molar-refractivity contribution in [3.05, 3.63) is 29.8 Å². The van der Waals surface area contributed by atoms with Crippen molar-refractivity contribution in [2.45, 2.75) is 24.8 Å². The highest BCUT2D eigenvalue weighted by atomic mass is 16.5. The van der Waals surface area contributed by atoms with Crippen molar-refractivity contribution < 1.29 is 14.6 Å². The van der Waals surface area contributed by atoms with E-state index in [0.717, 1.165) is 24.9 Å². The van der Waals surface area contributed by atoms with Crippen molar-refractivity contribution >= 4 is 5.97 Å². The third-order valence-electron chi connectivity index (χ3n) is 3.23. The van der Waals surface area contributed by atoms with Crippen LogP contribution in [0.15, 0.2) is 24.3 Å². The van der Waals surface area contributed by atoms with Crippen LogP contribution >= 0.6 is 0 Å². The first-order valence-electron chi connectivity index (χ1n) is 5.81. The highest BCUT2D eigenvalue weighted by Crippen LogP contribution is 2.29. The Balaban J connectivity index is 2.09. The van der Waals surface area contributed by atoms with Crippen molar-refractivity contribution in [1.29, 1.82) is 0 Å². The third kappa shape index (κ3) is 2.77. The first kappa shape index (κ1) is 11.9. The van der Waals surface area contributed by atoms with E-state index in [4.69, 9.17) is 4.74 Å². The molecule has 92 valence electrons. The van der Waals surface area contributed by atoms with Gasteiger partial charge in [0.25, 0.3) is 0 Å². The van der Waals surface area contributed by atoms with E-state index < -0.39 is 0 Å². The maximum atomic E-state index is 11.5. The molecule has 1 aliphatic rings. The van der Waals surface area contributed by atoms with Crippen LogP contribution in [0.4, 0.5) is 0 Å². The minimum atomic E-state index is -0.235. The predicted octanol–water partition coefficient (Wildman–Crippen LogP) is 1.40. The van der Waals surface area contributed by atoms with Gasteiger partial charge in [-0.2, -0.15) is 0 Å². The van der Waals surface area contributed by atoms with Crippen LogP contribution < -0.4 is 5.32 Å². The van der Waals surface area contributed by atoms with Gasteiger partial charge >= 0.3 is 5.97 Å². The van der Waals surface area contributed by atoms with E-state index in [2.05, 4.69) is 5.32 Å². The summed E-state index contributed by atoms with van der Waals surface area (Å²) in [5.74, 6) is 0.359. The number of rotatable bonds is 2. The molecule has 2 unspecified atom stereocenters. The van der Waals surface area contributed by atoms with E-state index in [9.17, 15) is 9.90 Å². The van der Waals surface area contributed by atoms with Crippen molar-refractivity contribution in [1.82, 2.24) is 5.32 Å². The number of hydrogen-bond acceptors (Lipinski definition) is 4. The predicted molar refractivity (Wildman–Crippen MR) is 63.9 cm³/mol. The number of benzene rings is 1. The molecule has 1 aromatic carbocycles. The Morgan fingerprint density at radius 2 is 2.35 bits per heavy atom. The second kappa shape index (κ2) is 5.19. The SMILES string of the molecule is COC(=O)C1CC(c2cccc(O)c2)CCN1. The summed E-state index contributed by atoms with van der Waals surface area (Å²) in [7, 11) is 1.40. The lowest BCUT2D eigenvalue weighted by atomic mass is 9.86. The normalized spacial score (nSPS) is 24.3. The van der Waals surface area contributed by atoms with Gasteiger partial charge < -0.3 is 15.2 Å². The maximum Gasteiger partial charge on any atom is 0.322 e. The number of phenols is 1. The summed E-state index contributed by atoms with van der Waals surface area (Å²) < 4.78 is 4.75. The van der Waals surface area contributed by atoms with Gasteiger partial charge in [-0.3, -0.25) is 4.79 Å². The molecule has 0 radical (unpaired) electrons. The van der Waals surface area contributed by atoms with Crippen LogP contribution in [0.3, 0.4) is 0 Å². The molecule has 2 rings (SSSR count). The summed E-state index contributed by atoms with van der Waals surface area (Å²) in [6.07, 6.45) is 1.69. The van der Waals surface area contributed by atoms with Crippen molar-refractivity contribution in [3.8, 4) is 5.75 Å². The Labute approximate surface area is 101 Å². The second-order valence-electron chi connectivity index (χ2n) is 4.35. The fraction of sp³-hybridized carbons (Fsp3) is 0.462. The van der Waals surface area contributed by atoms with E-state index in [1.807, 2.05) is 12.1 Å². The number of piperidine rings is 1. The minimum absolute atomic E-state index is 0.213. The topological polar surface area (TPSA) is 58.6 Å². The van der Waals surface area contributed by atoms with Gasteiger partial charge in [0.1, 0.15) is 11.8 Å². The lowest BCUT2D eigenvalue weighted by Crippen LogP contribution is -2.43. The average Bonchev–Trinajstić information content (AvgIpc) is 2.38. The fourth-order valence-corrected chi connectivity index (χ4v) is 2.32. The molecule has 0 bridgehead atoms. The molecule has 0 spiro atoms. The quantitative estimate of drug-likeness (QED) is 0.761. The first-order valence-corrected chi connectivity index (χ1v) is 5.81. The van der Waals surface area contributed by atoms with E-state index >= 15 is 0 Å². The zero-order valence-electron chi connectivity index (χ0n) is 9.85. The van der Waals surface area contributed by atoms with Crippen LogP contribution in [0.1, 0.15) is 24.3 Å². The monoisotopic (exact) mass is 235 g/mol. The van der Waals surface area contributed by atoms with Crippen LogP contribution in [0.5, 0.6) is 5.75 Å². The molecule has 1 aliphatic heterocycles. The number of methoxy groups -OCH3 is 1. The summed E-state index contributed by atoms with van der Waals surface area (Å²) in [6.45, 7) is 0.792. The lowest BCUT2D eigenvalue weighted by molar-refractivity contribution is -0.143. The van der Waals surface area contributed by atoms with Gasteiger partial charge in [-0.15, -0.1) is 0 Å². The molecule has 2 atom stereocenters. The highest BCUT2D eigenvalue weighted by Gasteiger charge is 2.28. The minimum Gasteiger partial charge on any atom is -0.508 e. The second-order valence-corrected chi connectivity index (χ2v) is 4.35. The van der Waals surface area contributed by atoms with Gasteiger partial charge in [0.2, 0.25) is 0 Å². The number of nitrogens with one attached hydrogen (secondary N) is 1. The Morgan fingerprint density at radius 3 is 3.06 bits per heavy atom. The molecule has 1 heterocycles. The Morgan fingerprint density at radius 1 is 1.53 bits per heavy atom. The summed E-state index contributed by atoms with van der Waals surface area (Å²) in [6, 6.07) is 7.01. The lowest BCUT2D eigenvalue weighted by Gasteiger charge is -2.28. The molecule has 4 heteroatoms. The number of carbonyl (C=O) groups excluding carboxylic acids is 1. The van der Waals surface area contributed by atoms with Crippen LogP contribution in [0.25, 0.3) is 0 Å². The molecule has 4 nitrogen and oxygen atoms in total. The van der Waals surface area contributed by atoms with Gasteiger partial charge in [0, 0.05) is 0 Å². The molecule has 0 aliphatic carbocycles. The Hall–Kier alpha value is -1.55. The first-order chi connectivity index (χ1) is 8.20. The fourth-order valence-electron chi connectivity index (χ4n) is 2.32. The highest BCUT2D eigenvalue weighted by molar-refractivity contribution is 5.75. The van der Waals surface area contributed by atoms with E-state index in [0.29, 0.717) is 5.92 Å². The number of hydrogen-bond donors (Lipinski definition) is 2. The van der Waals surface area contributed by atoms with E-state index in [1.54, 1.807) is 12.1 Å².